The van der Waals surface area contributed by atoms with Gasteiger partial charge >= 0.3 is 6.03 Å². The van der Waals surface area contributed by atoms with Gasteiger partial charge in [-0.15, -0.1) is 0 Å². The molecule has 0 bridgehead atoms. The molecule has 30 heavy (non-hydrogen) atoms. The minimum Gasteiger partial charge on any atom is -0.493 e. The fourth-order valence-corrected chi connectivity index (χ4v) is 3.75. The summed E-state index contributed by atoms with van der Waals surface area (Å²) in [7, 11) is 4.68. The normalized spacial score (nSPS) is 18.3. The lowest BCUT2D eigenvalue weighted by Crippen LogP contribution is -2.42. The van der Waals surface area contributed by atoms with Crippen molar-refractivity contribution in [2.75, 3.05) is 41.0 Å². The Balaban J connectivity index is 2.37. The summed E-state index contributed by atoms with van der Waals surface area (Å²) in [5.74, 6) is 0.979. The van der Waals surface area contributed by atoms with E-state index in [1.165, 1.54) is 0 Å². The third kappa shape index (κ3) is 5.49. The minimum absolute atomic E-state index is 0.0227. The minimum atomic E-state index is -0.359. The van der Waals surface area contributed by atoms with E-state index in [9.17, 15) is 9.59 Å². The maximum atomic E-state index is 13.0. The quantitative estimate of drug-likeness (QED) is 0.599. The van der Waals surface area contributed by atoms with Crippen molar-refractivity contribution in [3.05, 3.63) is 17.7 Å². The van der Waals surface area contributed by atoms with Crippen molar-refractivity contribution in [1.82, 2.24) is 15.5 Å². The first kappa shape index (κ1) is 23.6. The summed E-state index contributed by atoms with van der Waals surface area (Å²) in [5, 5.41) is 5.94. The molecule has 1 aromatic rings. The fourth-order valence-electron chi connectivity index (χ4n) is 3.75. The highest BCUT2D eigenvalue weighted by Crippen LogP contribution is 2.43. The van der Waals surface area contributed by atoms with Gasteiger partial charge in [0.15, 0.2) is 11.5 Å². The van der Waals surface area contributed by atoms with Crippen molar-refractivity contribution in [3.8, 4) is 17.2 Å². The number of ether oxygens (including phenoxy) is 3. The van der Waals surface area contributed by atoms with Gasteiger partial charge in [-0.05, 0) is 38.0 Å². The monoisotopic (exact) mass is 421 g/mol. The van der Waals surface area contributed by atoms with Crippen LogP contribution in [0.15, 0.2) is 12.1 Å². The standard InChI is InChI=1S/C22H35N3O5/c1-7-8-9-23-21(26)17-13-25(22(27)24-14(2)3)12-16(17)15-10-18(28-4)20(30-6)19(11-15)29-5/h10-11,14,16-17H,7-9,12-13H2,1-6H3,(H,23,26)(H,24,27)/t16-,17+/m1/s1. The number of benzene rings is 1. The molecule has 0 saturated carbocycles. The van der Waals surface area contributed by atoms with Gasteiger partial charge in [-0.25, -0.2) is 4.79 Å². The lowest BCUT2D eigenvalue weighted by Gasteiger charge is -2.21. The first-order valence-corrected chi connectivity index (χ1v) is 10.5. The van der Waals surface area contributed by atoms with E-state index in [0.717, 1.165) is 18.4 Å². The Morgan fingerprint density at radius 2 is 1.73 bits per heavy atom. The number of nitrogens with one attached hydrogen (secondary N) is 2. The van der Waals surface area contributed by atoms with Crippen LogP contribution in [0.5, 0.6) is 17.2 Å². The van der Waals surface area contributed by atoms with Crippen LogP contribution in [0.25, 0.3) is 0 Å². The third-order valence-corrected chi connectivity index (χ3v) is 5.30. The van der Waals surface area contributed by atoms with Gasteiger partial charge in [0.2, 0.25) is 11.7 Å². The zero-order chi connectivity index (χ0) is 22.3. The summed E-state index contributed by atoms with van der Waals surface area (Å²) >= 11 is 0. The first-order chi connectivity index (χ1) is 14.4. The molecule has 1 aromatic carbocycles. The average Bonchev–Trinajstić information content (AvgIpc) is 3.18. The maximum absolute atomic E-state index is 13.0. The lowest BCUT2D eigenvalue weighted by atomic mass is 9.88. The Labute approximate surface area is 179 Å². The van der Waals surface area contributed by atoms with Crippen LogP contribution in [0.4, 0.5) is 4.79 Å². The molecule has 2 rings (SSSR count). The molecule has 0 radical (unpaired) electrons. The Morgan fingerprint density at radius 1 is 1.10 bits per heavy atom. The van der Waals surface area contributed by atoms with E-state index in [-0.39, 0.29) is 29.8 Å². The number of unbranched alkanes of at least 4 members (excludes halogenated alkanes) is 1. The number of likely N-dealkylation sites (tertiary alicyclic amines) is 1. The predicted octanol–water partition coefficient (Wildman–Crippen LogP) is 2.76. The molecule has 3 amide bonds. The van der Waals surface area contributed by atoms with Gasteiger partial charge in [-0.3, -0.25) is 4.79 Å². The van der Waals surface area contributed by atoms with Crippen molar-refractivity contribution in [1.29, 1.82) is 0 Å². The van der Waals surface area contributed by atoms with Gasteiger partial charge in [0, 0.05) is 31.6 Å². The van der Waals surface area contributed by atoms with Crippen molar-refractivity contribution in [2.24, 2.45) is 5.92 Å². The highest BCUT2D eigenvalue weighted by Gasteiger charge is 2.41. The predicted molar refractivity (Wildman–Crippen MR) is 115 cm³/mol. The summed E-state index contributed by atoms with van der Waals surface area (Å²) < 4.78 is 16.4. The van der Waals surface area contributed by atoms with Crippen LogP contribution >= 0.6 is 0 Å². The van der Waals surface area contributed by atoms with E-state index in [1.54, 1.807) is 26.2 Å². The molecule has 0 aliphatic carbocycles. The molecular weight excluding hydrogens is 386 g/mol. The van der Waals surface area contributed by atoms with E-state index in [4.69, 9.17) is 14.2 Å². The first-order valence-electron chi connectivity index (χ1n) is 10.5. The van der Waals surface area contributed by atoms with Crippen molar-refractivity contribution in [3.63, 3.8) is 0 Å². The summed E-state index contributed by atoms with van der Waals surface area (Å²) in [6.07, 6.45) is 1.93. The molecule has 0 unspecified atom stereocenters. The Kier molecular flexibility index (Phi) is 8.62. The number of methoxy groups -OCH3 is 3. The summed E-state index contributed by atoms with van der Waals surface area (Å²) in [6, 6.07) is 3.59. The number of hydrogen-bond acceptors (Lipinski definition) is 5. The summed E-state index contributed by atoms with van der Waals surface area (Å²) in [5.41, 5.74) is 0.875. The van der Waals surface area contributed by atoms with Gasteiger partial charge in [0.25, 0.3) is 0 Å². The number of urea groups is 1. The zero-order valence-electron chi connectivity index (χ0n) is 18.9. The Bertz CT molecular complexity index is 712. The molecule has 1 aliphatic heterocycles. The average molecular weight is 422 g/mol. The summed E-state index contributed by atoms with van der Waals surface area (Å²) in [4.78, 5) is 27.3. The van der Waals surface area contributed by atoms with E-state index in [2.05, 4.69) is 17.6 Å². The molecule has 8 nitrogen and oxygen atoms in total. The largest absolute Gasteiger partial charge is 0.493 e. The molecule has 1 fully saturated rings. The van der Waals surface area contributed by atoms with Crippen LogP contribution < -0.4 is 24.8 Å². The second-order valence-corrected chi connectivity index (χ2v) is 7.83. The van der Waals surface area contributed by atoms with Gasteiger partial charge in [0.1, 0.15) is 0 Å². The molecule has 2 N–H and O–H groups in total. The van der Waals surface area contributed by atoms with E-state index < -0.39 is 0 Å². The van der Waals surface area contributed by atoms with Gasteiger partial charge in [-0.2, -0.15) is 0 Å². The molecule has 168 valence electrons. The summed E-state index contributed by atoms with van der Waals surface area (Å²) in [6.45, 7) is 7.34. The van der Waals surface area contributed by atoms with Gasteiger partial charge < -0.3 is 29.7 Å². The van der Waals surface area contributed by atoms with Crippen molar-refractivity contribution < 1.29 is 23.8 Å². The maximum Gasteiger partial charge on any atom is 0.317 e. The lowest BCUT2D eigenvalue weighted by molar-refractivity contribution is -0.124. The molecule has 2 atom stereocenters. The number of hydrogen-bond donors (Lipinski definition) is 2. The second-order valence-electron chi connectivity index (χ2n) is 7.83. The van der Waals surface area contributed by atoms with Crippen LogP contribution in [-0.4, -0.2) is 63.8 Å². The van der Waals surface area contributed by atoms with E-state index in [1.807, 2.05) is 26.0 Å². The van der Waals surface area contributed by atoms with Gasteiger partial charge in [-0.1, -0.05) is 13.3 Å². The number of carbonyl (C=O) groups excluding carboxylic acids is 2. The number of nitrogens with zero attached hydrogens (tertiary/aromatic N) is 1. The van der Waals surface area contributed by atoms with E-state index >= 15 is 0 Å². The smallest absolute Gasteiger partial charge is 0.317 e. The highest BCUT2D eigenvalue weighted by molar-refractivity contribution is 5.83. The van der Waals surface area contributed by atoms with Crippen molar-refractivity contribution >= 4 is 11.9 Å². The zero-order valence-corrected chi connectivity index (χ0v) is 18.9. The van der Waals surface area contributed by atoms with E-state index in [0.29, 0.717) is 36.9 Å². The van der Waals surface area contributed by atoms with Gasteiger partial charge in [0.05, 0.1) is 27.2 Å². The number of rotatable bonds is 9. The number of carbonyl (C=O) groups is 2. The Morgan fingerprint density at radius 3 is 2.23 bits per heavy atom. The molecule has 0 aromatic heterocycles. The van der Waals surface area contributed by atoms with Crippen LogP contribution in [0.2, 0.25) is 0 Å². The molecule has 0 spiro atoms. The van der Waals surface area contributed by atoms with Crippen LogP contribution in [0.1, 0.15) is 45.1 Å². The Hall–Kier alpha value is -2.64. The molecule has 1 aliphatic rings. The molecule has 1 saturated heterocycles. The highest BCUT2D eigenvalue weighted by atomic mass is 16.5. The van der Waals surface area contributed by atoms with Crippen LogP contribution in [0, 0.1) is 5.92 Å². The second kappa shape index (κ2) is 10.9. The third-order valence-electron chi connectivity index (χ3n) is 5.30. The fraction of sp³-hybridized carbons (Fsp3) is 0.636. The molecule has 1 heterocycles. The van der Waals surface area contributed by atoms with Crippen molar-refractivity contribution in [2.45, 2.75) is 45.6 Å². The van der Waals surface area contributed by atoms with Crippen LogP contribution in [-0.2, 0) is 4.79 Å². The topological polar surface area (TPSA) is 89.1 Å². The number of amides is 3. The molecule has 8 heteroatoms. The van der Waals surface area contributed by atoms with Crippen LogP contribution in [0.3, 0.4) is 0 Å². The SMILES string of the molecule is CCCCNC(=O)[C@H]1CN(C(=O)NC(C)C)C[C@@H]1c1cc(OC)c(OC)c(OC)c1. The molecular formula is C22H35N3O5.